The average Bonchev–Trinajstić information content (AvgIpc) is 3.35. The Morgan fingerprint density at radius 3 is 2.68 bits per heavy atom. The van der Waals surface area contributed by atoms with Crippen molar-refractivity contribution < 1.29 is 8.42 Å². The van der Waals surface area contributed by atoms with Crippen LogP contribution in [0, 0.1) is 5.92 Å². The second-order valence-corrected chi connectivity index (χ2v) is 9.50. The van der Waals surface area contributed by atoms with Gasteiger partial charge in [0.1, 0.15) is 0 Å². The van der Waals surface area contributed by atoms with Gasteiger partial charge in [-0.2, -0.15) is 0 Å². The van der Waals surface area contributed by atoms with Crippen LogP contribution in [0.5, 0.6) is 0 Å². The maximum absolute atomic E-state index is 13.0. The van der Waals surface area contributed by atoms with E-state index in [1.165, 1.54) is 0 Å². The van der Waals surface area contributed by atoms with E-state index in [2.05, 4.69) is 9.71 Å². The third-order valence-electron chi connectivity index (χ3n) is 5.19. The summed E-state index contributed by atoms with van der Waals surface area (Å²) >= 11 is 0. The van der Waals surface area contributed by atoms with Gasteiger partial charge in [-0.3, -0.25) is 4.98 Å². The Morgan fingerprint density at radius 2 is 2.00 bits per heavy atom. The van der Waals surface area contributed by atoms with Crippen molar-refractivity contribution in [1.82, 2.24) is 9.71 Å². The number of rotatable bonds is 5. The second kappa shape index (κ2) is 6.04. The Balaban J connectivity index is 1.92. The van der Waals surface area contributed by atoms with Crippen molar-refractivity contribution >= 4 is 20.8 Å². The highest BCUT2D eigenvalue weighted by Crippen LogP contribution is 2.43. The van der Waals surface area contributed by atoms with Gasteiger partial charge in [0.15, 0.2) is 0 Å². The summed E-state index contributed by atoms with van der Waals surface area (Å²) in [4.78, 5) is 4.98. The predicted octanol–water partition coefficient (Wildman–Crippen LogP) is 2.99. The lowest BCUT2D eigenvalue weighted by Gasteiger charge is -2.16. The zero-order valence-electron chi connectivity index (χ0n) is 14.7. The minimum absolute atomic E-state index is 0.0357. The lowest BCUT2D eigenvalue weighted by molar-refractivity contribution is 0.561. The Morgan fingerprint density at radius 1 is 1.24 bits per heavy atom. The Labute approximate surface area is 149 Å². The lowest BCUT2D eigenvalue weighted by atomic mass is 9.99. The molecule has 5 nitrogen and oxygen atoms in total. The van der Waals surface area contributed by atoms with E-state index in [0.29, 0.717) is 17.4 Å². The fourth-order valence-electron chi connectivity index (χ4n) is 3.66. The molecule has 1 atom stereocenters. The molecule has 1 aromatic heterocycles. The molecule has 1 aromatic carbocycles. The van der Waals surface area contributed by atoms with Crippen LogP contribution in [0.1, 0.15) is 61.9 Å². The van der Waals surface area contributed by atoms with Crippen LogP contribution < -0.4 is 10.5 Å². The van der Waals surface area contributed by atoms with Crippen LogP contribution in [0.4, 0.5) is 0 Å². The van der Waals surface area contributed by atoms with Gasteiger partial charge < -0.3 is 5.73 Å². The molecule has 1 saturated carbocycles. The molecule has 3 N–H and O–H groups in total. The van der Waals surface area contributed by atoms with Crippen molar-refractivity contribution in [1.29, 1.82) is 0 Å². The van der Waals surface area contributed by atoms with Crippen LogP contribution in [0.25, 0.3) is 10.8 Å². The molecular weight excluding hydrogens is 334 g/mol. The summed E-state index contributed by atoms with van der Waals surface area (Å²) in [5.41, 5.74) is 9.41. The highest BCUT2D eigenvalue weighted by atomic mass is 32.2. The molecule has 0 unspecified atom stereocenters. The monoisotopic (exact) mass is 359 g/mol. The molecule has 2 aromatic rings. The van der Waals surface area contributed by atoms with Gasteiger partial charge in [-0.25, -0.2) is 13.1 Å². The summed E-state index contributed by atoms with van der Waals surface area (Å²) in [7, 11) is -3.56. The maximum Gasteiger partial charge on any atom is 0.241 e. The minimum atomic E-state index is -3.56. The predicted molar refractivity (Wildman–Crippen MR) is 99.0 cm³/mol. The molecule has 1 heterocycles. The van der Waals surface area contributed by atoms with Crippen LogP contribution in [-0.2, 0) is 16.4 Å². The molecule has 2 aliphatic rings. The zero-order valence-corrected chi connectivity index (χ0v) is 15.6. The van der Waals surface area contributed by atoms with Crippen molar-refractivity contribution in [2.24, 2.45) is 11.7 Å². The number of nitrogens with two attached hydrogens (primary N) is 1. The molecule has 0 saturated heterocycles. The summed E-state index contributed by atoms with van der Waals surface area (Å²) < 4.78 is 28.7. The average molecular weight is 359 g/mol. The van der Waals surface area contributed by atoms with Crippen LogP contribution in [0.15, 0.2) is 23.2 Å². The molecule has 2 aliphatic carbocycles. The van der Waals surface area contributed by atoms with Gasteiger partial charge in [0, 0.05) is 41.2 Å². The van der Waals surface area contributed by atoms with E-state index in [0.717, 1.165) is 53.3 Å². The largest absolute Gasteiger partial charge is 0.324 e. The van der Waals surface area contributed by atoms with E-state index in [1.54, 1.807) is 0 Å². The van der Waals surface area contributed by atoms with Gasteiger partial charge in [0.2, 0.25) is 10.0 Å². The Kier molecular flexibility index (Phi) is 4.09. The van der Waals surface area contributed by atoms with Gasteiger partial charge in [0.05, 0.1) is 4.90 Å². The number of fused-ring (bicyclic) bond motifs is 3. The van der Waals surface area contributed by atoms with E-state index in [-0.39, 0.29) is 12.0 Å². The summed E-state index contributed by atoms with van der Waals surface area (Å²) in [6.07, 6.45) is 5.79. The summed E-state index contributed by atoms with van der Waals surface area (Å²) in [5, 5.41) is 1.67. The Hall–Kier alpha value is -1.50. The van der Waals surface area contributed by atoms with Crippen molar-refractivity contribution in [2.45, 2.75) is 56.4 Å². The summed E-state index contributed by atoms with van der Waals surface area (Å²) in [6, 6.07) is 3.78. The lowest BCUT2D eigenvalue weighted by Crippen LogP contribution is -2.28. The van der Waals surface area contributed by atoms with Crippen LogP contribution in [0.3, 0.4) is 0 Å². The molecule has 0 aliphatic heterocycles. The minimum Gasteiger partial charge on any atom is -0.324 e. The molecule has 4 rings (SSSR count). The molecule has 0 amide bonds. The van der Waals surface area contributed by atoms with Crippen LogP contribution in [-0.4, -0.2) is 19.9 Å². The first-order chi connectivity index (χ1) is 11.9. The maximum atomic E-state index is 13.0. The summed E-state index contributed by atoms with van der Waals surface area (Å²) in [5.74, 6) is 0.734. The number of aryl methyl sites for hydroxylation is 1. The first kappa shape index (κ1) is 16.9. The van der Waals surface area contributed by atoms with E-state index in [4.69, 9.17) is 5.73 Å². The van der Waals surface area contributed by atoms with Gasteiger partial charge in [0.25, 0.3) is 0 Å². The smallest absolute Gasteiger partial charge is 0.241 e. The number of hydrogen-bond donors (Lipinski definition) is 2. The Bertz CT molecular complexity index is 933. The fraction of sp³-hybridized carbons (Fsp3) is 0.526. The number of pyridine rings is 1. The molecule has 25 heavy (non-hydrogen) atoms. The highest BCUT2D eigenvalue weighted by molar-refractivity contribution is 7.89. The van der Waals surface area contributed by atoms with Crippen molar-refractivity contribution in [3.05, 3.63) is 35.2 Å². The molecule has 6 heteroatoms. The number of nitrogens with zero attached hydrogens (tertiary/aromatic N) is 1. The first-order valence-corrected chi connectivity index (χ1v) is 10.6. The highest BCUT2D eigenvalue weighted by Gasteiger charge is 2.30. The van der Waals surface area contributed by atoms with Crippen LogP contribution >= 0.6 is 0 Å². The SMILES string of the molecule is CC(C)CNS(=O)(=O)c1cc2c(c3cnc(C4CC4)cc13)[C@@H](N)CC2. The first-order valence-electron chi connectivity index (χ1n) is 9.07. The number of sulfonamides is 1. The van der Waals surface area contributed by atoms with Crippen molar-refractivity contribution in [2.75, 3.05) is 6.54 Å². The molecule has 0 bridgehead atoms. The zero-order chi connectivity index (χ0) is 17.8. The second-order valence-electron chi connectivity index (χ2n) is 7.77. The van der Waals surface area contributed by atoms with E-state index >= 15 is 0 Å². The number of hydrogen-bond acceptors (Lipinski definition) is 4. The van der Waals surface area contributed by atoms with Crippen LogP contribution in [0.2, 0.25) is 0 Å². The van der Waals surface area contributed by atoms with E-state index in [1.807, 2.05) is 32.2 Å². The molecule has 0 radical (unpaired) electrons. The van der Waals surface area contributed by atoms with E-state index < -0.39 is 10.0 Å². The van der Waals surface area contributed by atoms with E-state index in [9.17, 15) is 8.42 Å². The third-order valence-corrected chi connectivity index (χ3v) is 6.66. The number of aromatic nitrogens is 1. The molecule has 0 spiro atoms. The normalized spacial score (nSPS) is 20.4. The quantitative estimate of drug-likeness (QED) is 0.859. The number of nitrogens with one attached hydrogen (secondary N) is 1. The van der Waals surface area contributed by atoms with Crippen molar-refractivity contribution in [3.63, 3.8) is 0 Å². The topological polar surface area (TPSA) is 85.1 Å². The molecular formula is C19H25N3O2S. The summed E-state index contributed by atoms with van der Waals surface area (Å²) in [6.45, 7) is 4.43. The molecule has 134 valence electrons. The third kappa shape index (κ3) is 3.07. The van der Waals surface area contributed by atoms with Gasteiger partial charge in [-0.05, 0) is 54.9 Å². The van der Waals surface area contributed by atoms with Gasteiger partial charge in [-0.15, -0.1) is 0 Å². The standard InChI is InChI=1S/C19H25N3O2S/c1-11(2)9-22-25(23,24)18-7-13-5-6-16(20)19(13)15-10-21-17(8-14(15)18)12-3-4-12/h7-8,10-12,16,22H,3-6,9,20H2,1-2H3/t16-/m0/s1. The van der Waals surface area contributed by atoms with Gasteiger partial charge in [-0.1, -0.05) is 13.8 Å². The van der Waals surface area contributed by atoms with Gasteiger partial charge >= 0.3 is 0 Å². The molecule has 1 fully saturated rings. The fourth-order valence-corrected chi connectivity index (χ4v) is 5.12. The van der Waals surface area contributed by atoms with Crippen molar-refractivity contribution in [3.8, 4) is 0 Å². The number of benzene rings is 1.